The van der Waals surface area contributed by atoms with Crippen molar-refractivity contribution in [2.75, 3.05) is 26.4 Å². The third-order valence-corrected chi connectivity index (χ3v) is 1.74. The van der Waals surface area contributed by atoms with E-state index in [1.54, 1.807) is 6.92 Å². The highest BCUT2D eigenvalue weighted by Crippen LogP contribution is 2.09. The summed E-state index contributed by atoms with van der Waals surface area (Å²) in [5.74, 6) is -1.08. The molecule has 0 saturated carbocycles. The van der Waals surface area contributed by atoms with Crippen LogP contribution in [0.5, 0.6) is 0 Å². The number of esters is 2. The highest BCUT2D eigenvalue weighted by atomic mass is 16.5. The largest absolute Gasteiger partial charge is 0.463 e. The van der Waals surface area contributed by atoms with Crippen LogP contribution < -0.4 is 0 Å². The van der Waals surface area contributed by atoms with Crippen LogP contribution >= 0.6 is 0 Å². The van der Waals surface area contributed by atoms with Gasteiger partial charge in [-0.25, -0.2) is 0 Å². The van der Waals surface area contributed by atoms with Gasteiger partial charge in [0.05, 0.1) is 13.2 Å². The van der Waals surface area contributed by atoms with Crippen LogP contribution in [0.4, 0.5) is 0 Å². The number of hydrogen-bond donors (Lipinski definition) is 2. The molecule has 0 fully saturated rings. The molecule has 0 aliphatic rings. The number of aliphatic hydroxyl groups excluding tert-OH is 2. The first-order valence-electron chi connectivity index (χ1n) is 5.13. The van der Waals surface area contributed by atoms with Crippen molar-refractivity contribution in [2.45, 2.75) is 19.8 Å². The van der Waals surface area contributed by atoms with Crippen LogP contribution in [0.1, 0.15) is 19.8 Å². The van der Waals surface area contributed by atoms with E-state index in [1.165, 1.54) is 0 Å². The standard InChI is InChI=1S/C10H18O6/c1-8(6-9(13)15-4-2-11)7-10(14)16-5-3-12/h8,11-12H,2-7H2,1H3. The Kier molecular flexibility index (Phi) is 8.46. The average Bonchev–Trinajstić information content (AvgIpc) is 2.23. The van der Waals surface area contributed by atoms with Gasteiger partial charge in [0.1, 0.15) is 13.2 Å². The molecule has 0 aliphatic carbocycles. The quantitative estimate of drug-likeness (QED) is 0.549. The summed E-state index contributed by atoms with van der Waals surface area (Å²) < 4.78 is 9.29. The molecule has 2 N–H and O–H groups in total. The molecule has 6 nitrogen and oxygen atoms in total. The maximum absolute atomic E-state index is 11.1. The molecule has 0 amide bonds. The third-order valence-electron chi connectivity index (χ3n) is 1.74. The summed E-state index contributed by atoms with van der Waals surface area (Å²) in [4.78, 5) is 22.2. The Morgan fingerprint density at radius 3 is 1.69 bits per heavy atom. The van der Waals surface area contributed by atoms with E-state index in [4.69, 9.17) is 10.2 Å². The smallest absolute Gasteiger partial charge is 0.306 e. The van der Waals surface area contributed by atoms with Gasteiger partial charge in [0, 0.05) is 12.8 Å². The van der Waals surface area contributed by atoms with Crippen LogP contribution in [-0.4, -0.2) is 48.6 Å². The van der Waals surface area contributed by atoms with Gasteiger partial charge in [-0.2, -0.15) is 0 Å². The van der Waals surface area contributed by atoms with Gasteiger partial charge in [-0.15, -0.1) is 0 Å². The Morgan fingerprint density at radius 2 is 1.38 bits per heavy atom. The van der Waals surface area contributed by atoms with Crippen molar-refractivity contribution >= 4 is 11.9 Å². The van der Waals surface area contributed by atoms with E-state index in [0.29, 0.717) is 0 Å². The molecule has 0 saturated heterocycles. The molecular formula is C10H18O6. The van der Waals surface area contributed by atoms with Crippen molar-refractivity contribution in [3.63, 3.8) is 0 Å². The van der Waals surface area contributed by atoms with Gasteiger partial charge in [-0.1, -0.05) is 6.92 Å². The van der Waals surface area contributed by atoms with Crippen molar-refractivity contribution < 1.29 is 29.3 Å². The van der Waals surface area contributed by atoms with E-state index in [-0.39, 0.29) is 45.2 Å². The number of aliphatic hydroxyl groups is 2. The van der Waals surface area contributed by atoms with Crippen LogP contribution in [0.3, 0.4) is 0 Å². The molecule has 0 heterocycles. The normalized spacial score (nSPS) is 10.2. The van der Waals surface area contributed by atoms with E-state index in [9.17, 15) is 9.59 Å². The average molecular weight is 234 g/mol. The van der Waals surface area contributed by atoms with Crippen molar-refractivity contribution in [3.05, 3.63) is 0 Å². The lowest BCUT2D eigenvalue weighted by Gasteiger charge is -2.10. The fraction of sp³-hybridized carbons (Fsp3) is 0.800. The van der Waals surface area contributed by atoms with E-state index in [1.807, 2.05) is 0 Å². The minimum atomic E-state index is -0.448. The third kappa shape index (κ3) is 8.19. The van der Waals surface area contributed by atoms with Gasteiger partial charge in [0.15, 0.2) is 0 Å². The first-order valence-corrected chi connectivity index (χ1v) is 5.13. The summed E-state index contributed by atoms with van der Waals surface area (Å²) in [6.07, 6.45) is 0.211. The van der Waals surface area contributed by atoms with Gasteiger partial charge < -0.3 is 19.7 Å². The Morgan fingerprint density at radius 1 is 1.00 bits per heavy atom. The first kappa shape index (κ1) is 14.9. The summed E-state index contributed by atoms with van der Waals surface area (Å²) in [6, 6.07) is 0. The van der Waals surface area contributed by atoms with Crippen LogP contribution in [0.25, 0.3) is 0 Å². The van der Waals surface area contributed by atoms with Crippen LogP contribution in [-0.2, 0) is 19.1 Å². The Bertz CT molecular complexity index is 193. The molecule has 0 bridgehead atoms. The molecule has 0 atom stereocenters. The topological polar surface area (TPSA) is 93.1 Å². The predicted octanol–water partition coefficient (Wildman–Crippen LogP) is -0.526. The Balaban J connectivity index is 3.67. The van der Waals surface area contributed by atoms with E-state index >= 15 is 0 Å². The van der Waals surface area contributed by atoms with Crippen molar-refractivity contribution in [2.24, 2.45) is 5.92 Å². The van der Waals surface area contributed by atoms with E-state index in [2.05, 4.69) is 9.47 Å². The number of ether oxygens (including phenoxy) is 2. The summed E-state index contributed by atoms with van der Waals surface area (Å²) in [5, 5.41) is 16.8. The molecular weight excluding hydrogens is 216 g/mol. The second-order valence-electron chi connectivity index (χ2n) is 3.40. The molecule has 0 spiro atoms. The molecule has 0 aromatic rings. The molecule has 0 unspecified atom stereocenters. The van der Waals surface area contributed by atoms with Crippen molar-refractivity contribution in [1.82, 2.24) is 0 Å². The molecule has 0 aromatic heterocycles. The lowest BCUT2D eigenvalue weighted by molar-refractivity contribution is -0.148. The molecule has 0 rings (SSSR count). The van der Waals surface area contributed by atoms with Crippen molar-refractivity contribution in [1.29, 1.82) is 0 Å². The Labute approximate surface area is 94.2 Å². The van der Waals surface area contributed by atoms with Gasteiger partial charge in [-0.3, -0.25) is 9.59 Å². The van der Waals surface area contributed by atoms with Gasteiger partial charge in [0.25, 0.3) is 0 Å². The minimum absolute atomic E-state index is 0.0273. The zero-order chi connectivity index (χ0) is 12.4. The second-order valence-corrected chi connectivity index (χ2v) is 3.40. The molecule has 0 radical (unpaired) electrons. The van der Waals surface area contributed by atoms with Gasteiger partial charge in [0.2, 0.25) is 0 Å². The molecule has 6 heteroatoms. The summed E-state index contributed by atoms with van der Waals surface area (Å²) >= 11 is 0. The number of rotatable bonds is 8. The summed E-state index contributed by atoms with van der Waals surface area (Å²) in [5.41, 5.74) is 0. The summed E-state index contributed by atoms with van der Waals surface area (Å²) in [6.45, 7) is 1.25. The van der Waals surface area contributed by atoms with E-state index < -0.39 is 11.9 Å². The maximum atomic E-state index is 11.1. The molecule has 0 aromatic carbocycles. The SMILES string of the molecule is CC(CC(=O)OCCO)CC(=O)OCCO. The highest BCUT2D eigenvalue weighted by Gasteiger charge is 2.14. The van der Waals surface area contributed by atoms with Gasteiger partial charge in [-0.05, 0) is 5.92 Å². The predicted molar refractivity (Wildman–Crippen MR) is 54.5 cm³/mol. The van der Waals surface area contributed by atoms with Gasteiger partial charge >= 0.3 is 11.9 Å². The van der Waals surface area contributed by atoms with Crippen LogP contribution in [0, 0.1) is 5.92 Å². The molecule has 16 heavy (non-hydrogen) atoms. The summed E-state index contributed by atoms with van der Waals surface area (Å²) in [7, 11) is 0. The zero-order valence-corrected chi connectivity index (χ0v) is 9.35. The number of hydrogen-bond acceptors (Lipinski definition) is 6. The number of carbonyl (C=O) groups is 2. The fourth-order valence-corrected chi connectivity index (χ4v) is 1.08. The lowest BCUT2D eigenvalue weighted by Crippen LogP contribution is -2.16. The molecule has 94 valence electrons. The zero-order valence-electron chi connectivity index (χ0n) is 9.35. The fourth-order valence-electron chi connectivity index (χ4n) is 1.08. The number of carbonyl (C=O) groups excluding carboxylic acids is 2. The lowest BCUT2D eigenvalue weighted by atomic mass is 10.0. The van der Waals surface area contributed by atoms with Crippen LogP contribution in [0.15, 0.2) is 0 Å². The second kappa shape index (κ2) is 9.11. The van der Waals surface area contributed by atoms with E-state index in [0.717, 1.165) is 0 Å². The minimum Gasteiger partial charge on any atom is -0.463 e. The van der Waals surface area contributed by atoms with Crippen molar-refractivity contribution in [3.8, 4) is 0 Å². The van der Waals surface area contributed by atoms with Crippen LogP contribution in [0.2, 0.25) is 0 Å². The maximum Gasteiger partial charge on any atom is 0.306 e. The molecule has 0 aliphatic heterocycles. The highest BCUT2D eigenvalue weighted by molar-refractivity contribution is 5.73. The first-order chi connectivity index (χ1) is 7.60. The monoisotopic (exact) mass is 234 g/mol. The Hall–Kier alpha value is -1.14.